The molecule has 1 N–H and O–H groups in total. The van der Waals surface area contributed by atoms with Crippen LogP contribution in [-0.2, 0) is 26.7 Å². The molecule has 1 aliphatic heterocycles. The predicted octanol–water partition coefficient (Wildman–Crippen LogP) is 6.62. The second-order valence-corrected chi connectivity index (χ2v) is 10.1. The van der Waals surface area contributed by atoms with Gasteiger partial charge >= 0.3 is 24.3 Å². The van der Waals surface area contributed by atoms with E-state index in [0.717, 1.165) is 30.2 Å². The van der Waals surface area contributed by atoms with E-state index in [-0.39, 0.29) is 22.6 Å². The number of carbonyl (C=O) groups is 3. The molecule has 6 nitrogen and oxygen atoms in total. The summed E-state index contributed by atoms with van der Waals surface area (Å²) in [6.45, 7) is 3.28. The quantitative estimate of drug-likeness (QED) is 0.307. The van der Waals surface area contributed by atoms with E-state index in [1.54, 1.807) is 13.8 Å². The number of ether oxygens (including phenoxy) is 1. The maximum atomic E-state index is 13.9. The Bertz CT molecular complexity index is 1260. The van der Waals surface area contributed by atoms with Crippen LogP contribution in [0, 0.1) is 11.8 Å². The standard InChI is InChI=1S/C26H24ClF6NO5/c1-13(2)11-24(23(37)38)12-18(22(36)39-3)20(17-10-16(26(31,32)33)8-9-19(17)27)34(24)21(35)14-4-6-15(7-5-14)25(28,29)30/h4-10,13,18,20H,11-12H2,1-3H3,(H,37,38). The minimum atomic E-state index is -4.84. The number of nitrogens with zero attached hydrogens (tertiary/aromatic N) is 1. The van der Waals surface area contributed by atoms with Crippen molar-refractivity contribution >= 4 is 29.4 Å². The molecule has 13 heteroatoms. The third-order valence-corrected chi connectivity index (χ3v) is 6.99. The molecule has 1 aliphatic rings. The Morgan fingerprint density at radius 2 is 1.56 bits per heavy atom. The summed E-state index contributed by atoms with van der Waals surface area (Å²) in [5, 5.41) is 10.1. The number of carboxylic acids is 1. The molecule has 0 bridgehead atoms. The highest BCUT2D eigenvalue weighted by atomic mass is 35.5. The van der Waals surface area contributed by atoms with Crippen molar-refractivity contribution in [1.82, 2.24) is 4.90 Å². The van der Waals surface area contributed by atoms with Crippen molar-refractivity contribution in [2.75, 3.05) is 7.11 Å². The van der Waals surface area contributed by atoms with Crippen molar-refractivity contribution in [2.24, 2.45) is 11.8 Å². The molecule has 1 amide bonds. The SMILES string of the molecule is COC(=O)C1CC(CC(C)C)(C(=O)O)N(C(=O)c2ccc(C(F)(F)F)cc2)C1c1cc(C(F)(F)F)ccc1Cl. The zero-order chi connectivity index (χ0) is 29.5. The van der Waals surface area contributed by atoms with Crippen LogP contribution in [0.15, 0.2) is 42.5 Å². The van der Waals surface area contributed by atoms with Crippen LogP contribution >= 0.6 is 11.6 Å². The number of alkyl halides is 6. The minimum absolute atomic E-state index is 0.227. The van der Waals surface area contributed by atoms with Gasteiger partial charge in [0.2, 0.25) is 0 Å². The summed E-state index contributed by atoms with van der Waals surface area (Å²) < 4.78 is 85.0. The first-order valence-electron chi connectivity index (χ1n) is 11.6. The number of carbonyl (C=O) groups excluding carboxylic acids is 2. The first kappa shape index (κ1) is 30.3. The largest absolute Gasteiger partial charge is 0.479 e. The molecule has 3 rings (SSSR count). The summed E-state index contributed by atoms with van der Waals surface area (Å²) in [6, 6.07) is 3.51. The summed E-state index contributed by atoms with van der Waals surface area (Å²) in [5.41, 5.74) is -5.08. The number of hydrogen-bond acceptors (Lipinski definition) is 4. The Kier molecular flexibility index (Phi) is 8.31. The number of methoxy groups -OCH3 is 1. The van der Waals surface area contributed by atoms with Crippen LogP contribution in [0.4, 0.5) is 26.3 Å². The highest BCUT2D eigenvalue weighted by molar-refractivity contribution is 6.31. The van der Waals surface area contributed by atoms with Gasteiger partial charge in [0, 0.05) is 10.6 Å². The topological polar surface area (TPSA) is 83.9 Å². The number of esters is 1. The molecule has 0 aromatic heterocycles. The third-order valence-electron chi connectivity index (χ3n) is 6.65. The molecular weight excluding hydrogens is 556 g/mol. The maximum absolute atomic E-state index is 13.9. The summed E-state index contributed by atoms with van der Waals surface area (Å²) in [4.78, 5) is 40.4. The minimum Gasteiger partial charge on any atom is -0.479 e. The lowest BCUT2D eigenvalue weighted by Gasteiger charge is -2.39. The average Bonchev–Trinajstić information content (AvgIpc) is 3.17. The number of benzene rings is 2. The summed E-state index contributed by atoms with van der Waals surface area (Å²) in [7, 11) is 0.998. The van der Waals surface area contributed by atoms with Gasteiger partial charge in [0.1, 0.15) is 5.54 Å². The predicted molar refractivity (Wildman–Crippen MR) is 127 cm³/mol. The van der Waals surface area contributed by atoms with Gasteiger partial charge in [-0.25, -0.2) is 4.79 Å². The Hall–Kier alpha value is -3.28. The van der Waals surface area contributed by atoms with Gasteiger partial charge in [0.15, 0.2) is 0 Å². The number of amides is 1. The van der Waals surface area contributed by atoms with Gasteiger partial charge < -0.3 is 14.7 Å². The molecule has 0 saturated carbocycles. The van der Waals surface area contributed by atoms with Crippen LogP contribution in [0.3, 0.4) is 0 Å². The monoisotopic (exact) mass is 579 g/mol. The van der Waals surface area contributed by atoms with Gasteiger partial charge in [-0.2, -0.15) is 26.3 Å². The molecule has 0 spiro atoms. The van der Waals surface area contributed by atoms with Crippen LogP contribution in [0.1, 0.15) is 59.8 Å². The highest BCUT2D eigenvalue weighted by Crippen LogP contribution is 2.52. The fraction of sp³-hybridized carbons (Fsp3) is 0.423. The molecule has 1 heterocycles. The summed E-state index contributed by atoms with van der Waals surface area (Å²) >= 11 is 6.28. The molecule has 0 radical (unpaired) electrons. The summed E-state index contributed by atoms with van der Waals surface area (Å²) in [5.74, 6) is -5.49. The third kappa shape index (κ3) is 5.85. The van der Waals surface area contributed by atoms with E-state index in [2.05, 4.69) is 0 Å². The van der Waals surface area contributed by atoms with Gasteiger partial charge in [-0.1, -0.05) is 25.4 Å². The van der Waals surface area contributed by atoms with Crippen LogP contribution in [0.2, 0.25) is 5.02 Å². The number of rotatable bonds is 6. The molecule has 0 aliphatic carbocycles. The second kappa shape index (κ2) is 10.7. The van der Waals surface area contributed by atoms with Crippen molar-refractivity contribution in [3.05, 3.63) is 69.7 Å². The van der Waals surface area contributed by atoms with Crippen molar-refractivity contribution < 1.29 is 50.6 Å². The van der Waals surface area contributed by atoms with Crippen molar-refractivity contribution in [2.45, 2.75) is 50.6 Å². The van der Waals surface area contributed by atoms with Gasteiger partial charge in [-0.15, -0.1) is 0 Å². The highest BCUT2D eigenvalue weighted by Gasteiger charge is 2.61. The smallest absolute Gasteiger partial charge is 0.416 e. The number of carboxylic acid groups (broad SMARTS) is 1. The van der Waals surface area contributed by atoms with E-state index in [1.807, 2.05) is 0 Å². The van der Waals surface area contributed by atoms with Gasteiger partial charge in [0.05, 0.1) is 30.2 Å². The average molecular weight is 580 g/mol. The first-order chi connectivity index (χ1) is 17.9. The Morgan fingerprint density at radius 3 is 2.03 bits per heavy atom. The van der Waals surface area contributed by atoms with E-state index in [9.17, 15) is 45.8 Å². The van der Waals surface area contributed by atoms with Crippen molar-refractivity contribution in [3.8, 4) is 0 Å². The van der Waals surface area contributed by atoms with Crippen LogP contribution in [0.25, 0.3) is 0 Å². The molecule has 212 valence electrons. The molecule has 1 saturated heterocycles. The zero-order valence-corrected chi connectivity index (χ0v) is 21.6. The molecular formula is C26H24ClF6NO5. The van der Waals surface area contributed by atoms with Gasteiger partial charge in [-0.05, 0) is 66.8 Å². The number of halogens is 7. The van der Waals surface area contributed by atoms with E-state index in [0.29, 0.717) is 24.3 Å². The van der Waals surface area contributed by atoms with Crippen molar-refractivity contribution in [1.29, 1.82) is 0 Å². The normalized spacial score (nSPS) is 21.8. The van der Waals surface area contributed by atoms with E-state index >= 15 is 0 Å². The molecule has 1 fully saturated rings. The fourth-order valence-electron chi connectivity index (χ4n) is 5.08. The van der Waals surface area contributed by atoms with E-state index in [4.69, 9.17) is 16.3 Å². The molecule has 2 aromatic rings. The first-order valence-corrected chi connectivity index (χ1v) is 12.0. The van der Waals surface area contributed by atoms with Crippen LogP contribution in [-0.4, -0.2) is 40.5 Å². The molecule has 2 aromatic carbocycles. The summed E-state index contributed by atoms with van der Waals surface area (Å²) in [6.07, 6.45) is -10.3. The number of hydrogen-bond donors (Lipinski definition) is 1. The molecule has 39 heavy (non-hydrogen) atoms. The number of likely N-dealkylation sites (tertiary alicyclic amines) is 1. The lowest BCUT2D eigenvalue weighted by Crippen LogP contribution is -2.54. The number of aliphatic carboxylic acids is 1. The van der Waals surface area contributed by atoms with Gasteiger partial charge in [0.25, 0.3) is 5.91 Å². The fourth-order valence-corrected chi connectivity index (χ4v) is 5.31. The lowest BCUT2D eigenvalue weighted by atomic mass is 9.83. The van der Waals surface area contributed by atoms with Crippen molar-refractivity contribution in [3.63, 3.8) is 0 Å². The second-order valence-electron chi connectivity index (χ2n) is 9.70. The Morgan fingerprint density at radius 1 is 1.03 bits per heavy atom. The van der Waals surface area contributed by atoms with E-state index in [1.165, 1.54) is 0 Å². The maximum Gasteiger partial charge on any atom is 0.416 e. The zero-order valence-electron chi connectivity index (χ0n) is 20.9. The lowest BCUT2D eigenvalue weighted by molar-refractivity contribution is -0.150. The Labute approximate surface area is 224 Å². The van der Waals surface area contributed by atoms with Crippen LogP contribution in [0.5, 0.6) is 0 Å². The molecule has 3 unspecified atom stereocenters. The molecule has 3 atom stereocenters. The van der Waals surface area contributed by atoms with Gasteiger partial charge in [-0.3, -0.25) is 9.59 Å². The van der Waals surface area contributed by atoms with Crippen LogP contribution < -0.4 is 0 Å². The Balaban J connectivity index is 2.33. The van der Waals surface area contributed by atoms with E-state index < -0.39 is 71.2 Å².